The van der Waals surface area contributed by atoms with E-state index in [0.29, 0.717) is 36.4 Å². The predicted octanol–water partition coefficient (Wildman–Crippen LogP) is 6.78. The normalized spacial score (nSPS) is 37.2. The van der Waals surface area contributed by atoms with E-state index in [0.717, 1.165) is 50.5 Å². The molecule has 1 aromatic rings. The molecule has 0 aliphatic heterocycles. The Morgan fingerprint density at radius 1 is 1.09 bits per heavy atom. The second-order valence-electron chi connectivity index (χ2n) is 11.2. The lowest BCUT2D eigenvalue weighted by Crippen LogP contribution is -2.50. The predicted molar refractivity (Wildman–Crippen MR) is 124 cm³/mol. The van der Waals surface area contributed by atoms with Crippen molar-refractivity contribution in [2.24, 2.45) is 34.5 Å². The summed E-state index contributed by atoms with van der Waals surface area (Å²) in [6.45, 7) is 4.10. The molecule has 2 nitrogen and oxygen atoms in total. The third-order valence-corrected chi connectivity index (χ3v) is 9.81. The highest BCUT2D eigenvalue weighted by atomic mass is 19.2. The first-order valence-corrected chi connectivity index (χ1v) is 12.6. The van der Waals surface area contributed by atoms with E-state index >= 15 is 0 Å². The van der Waals surface area contributed by atoms with Gasteiger partial charge < -0.3 is 0 Å². The standard InChI is InChI=1S/C29H34F2O2/c1-18(32)23-8-9-25-22-7-6-20-17-21(33)11-14-28(20,2)24(22)12-15-29(23,25)13-3-4-19-5-10-26(30)27(31)16-19/h5-7,10,16-17,22-25H,3-4,8-9,11-15H2,1-2H3/t22-,23-,24-,25+,28-,29-/m1/s1. The smallest absolute Gasteiger partial charge is 0.159 e. The van der Waals surface area contributed by atoms with Gasteiger partial charge in [0.25, 0.3) is 0 Å². The molecule has 0 heterocycles. The van der Waals surface area contributed by atoms with Crippen molar-refractivity contribution >= 4 is 11.6 Å². The number of fused-ring (bicyclic) bond motifs is 5. The Balaban J connectivity index is 1.41. The highest BCUT2D eigenvalue weighted by molar-refractivity contribution is 5.92. The van der Waals surface area contributed by atoms with Crippen molar-refractivity contribution in [2.45, 2.75) is 71.6 Å². The van der Waals surface area contributed by atoms with Crippen LogP contribution in [0.15, 0.2) is 42.0 Å². The summed E-state index contributed by atoms with van der Waals surface area (Å²) in [4.78, 5) is 24.8. The molecule has 33 heavy (non-hydrogen) atoms. The third-order valence-electron chi connectivity index (χ3n) is 9.81. The van der Waals surface area contributed by atoms with Crippen molar-refractivity contribution in [3.05, 3.63) is 59.2 Å². The van der Waals surface area contributed by atoms with Crippen LogP contribution in [0, 0.1) is 46.1 Å². The molecule has 0 spiro atoms. The molecule has 0 bridgehead atoms. The van der Waals surface area contributed by atoms with Crippen LogP contribution in [-0.4, -0.2) is 11.6 Å². The van der Waals surface area contributed by atoms with Crippen LogP contribution < -0.4 is 0 Å². The number of allylic oxidation sites excluding steroid dienone is 4. The van der Waals surface area contributed by atoms with Gasteiger partial charge in [0, 0.05) is 12.3 Å². The van der Waals surface area contributed by atoms with Gasteiger partial charge in [0.1, 0.15) is 5.78 Å². The molecule has 4 heteroatoms. The number of ketones is 2. The molecule has 4 aliphatic carbocycles. The molecular weight excluding hydrogens is 418 g/mol. The Bertz CT molecular complexity index is 1040. The molecule has 4 aliphatic rings. The fourth-order valence-electron chi connectivity index (χ4n) is 8.22. The fourth-order valence-corrected chi connectivity index (χ4v) is 8.22. The van der Waals surface area contributed by atoms with Crippen molar-refractivity contribution in [2.75, 3.05) is 0 Å². The molecule has 0 aromatic heterocycles. The van der Waals surface area contributed by atoms with Crippen LogP contribution in [-0.2, 0) is 16.0 Å². The Morgan fingerprint density at radius 2 is 1.91 bits per heavy atom. The topological polar surface area (TPSA) is 34.1 Å². The summed E-state index contributed by atoms with van der Waals surface area (Å²) in [7, 11) is 0. The lowest BCUT2D eigenvalue weighted by atomic mass is 9.47. The van der Waals surface area contributed by atoms with E-state index in [1.54, 1.807) is 13.0 Å². The fraction of sp³-hybridized carbons (Fsp3) is 0.586. The van der Waals surface area contributed by atoms with Gasteiger partial charge in [-0.1, -0.05) is 25.1 Å². The molecule has 0 radical (unpaired) electrons. The highest BCUT2D eigenvalue weighted by Crippen LogP contribution is 2.66. The number of carbonyl (C=O) groups is 2. The van der Waals surface area contributed by atoms with Crippen molar-refractivity contribution in [1.29, 1.82) is 0 Å². The molecular formula is C29H34F2O2. The van der Waals surface area contributed by atoms with Gasteiger partial charge >= 0.3 is 0 Å². The van der Waals surface area contributed by atoms with Gasteiger partial charge in [-0.25, -0.2) is 8.78 Å². The summed E-state index contributed by atoms with van der Waals surface area (Å²) in [5, 5.41) is 0. The average molecular weight is 453 g/mol. The maximum absolute atomic E-state index is 13.7. The molecule has 2 saturated carbocycles. The maximum atomic E-state index is 13.7. The van der Waals surface area contributed by atoms with Crippen molar-refractivity contribution in [3.8, 4) is 0 Å². The van der Waals surface area contributed by atoms with Gasteiger partial charge in [0.05, 0.1) is 0 Å². The van der Waals surface area contributed by atoms with Gasteiger partial charge in [-0.2, -0.15) is 0 Å². The van der Waals surface area contributed by atoms with Crippen molar-refractivity contribution in [3.63, 3.8) is 0 Å². The Morgan fingerprint density at radius 3 is 2.67 bits per heavy atom. The first-order valence-electron chi connectivity index (χ1n) is 12.6. The summed E-state index contributed by atoms with van der Waals surface area (Å²) in [5.41, 5.74) is 2.07. The van der Waals surface area contributed by atoms with Gasteiger partial charge in [0.15, 0.2) is 17.4 Å². The summed E-state index contributed by atoms with van der Waals surface area (Å²) in [5.74, 6) is 0.491. The number of Topliss-reactive ketones (excluding diaryl/α,β-unsaturated/α-hetero) is 1. The van der Waals surface area contributed by atoms with Crippen LogP contribution >= 0.6 is 0 Å². The minimum atomic E-state index is -0.807. The SMILES string of the molecule is CC(=O)[C@H]1CC[C@H]2[C@@H]3C=CC4=CC(=O)CC[C@@]4(C)[C@@H]3CC[C@]12CCCc1ccc(F)c(F)c1. The van der Waals surface area contributed by atoms with Crippen LogP contribution in [0.4, 0.5) is 8.78 Å². The number of benzene rings is 1. The number of halogens is 2. The molecule has 0 N–H and O–H groups in total. The molecule has 1 aromatic carbocycles. The number of rotatable bonds is 5. The Labute approximate surface area is 195 Å². The summed E-state index contributed by atoms with van der Waals surface area (Å²) >= 11 is 0. The summed E-state index contributed by atoms with van der Waals surface area (Å²) < 4.78 is 27.0. The molecule has 6 atom stereocenters. The van der Waals surface area contributed by atoms with Crippen molar-refractivity contribution in [1.82, 2.24) is 0 Å². The number of aryl methyl sites for hydroxylation is 1. The second kappa shape index (κ2) is 8.29. The maximum Gasteiger partial charge on any atom is 0.159 e. The second-order valence-corrected chi connectivity index (χ2v) is 11.2. The first-order chi connectivity index (χ1) is 15.7. The van der Waals surface area contributed by atoms with Crippen LogP contribution in [0.2, 0.25) is 0 Å². The van der Waals surface area contributed by atoms with E-state index in [2.05, 4.69) is 19.1 Å². The highest BCUT2D eigenvalue weighted by Gasteiger charge is 2.60. The third kappa shape index (κ3) is 3.65. The van der Waals surface area contributed by atoms with Crippen LogP contribution in [0.1, 0.15) is 70.8 Å². The Hall–Kier alpha value is -2.10. The van der Waals surface area contributed by atoms with E-state index in [1.165, 1.54) is 17.7 Å². The molecule has 0 amide bonds. The largest absolute Gasteiger partial charge is 0.300 e. The minimum Gasteiger partial charge on any atom is -0.300 e. The van der Waals surface area contributed by atoms with E-state index < -0.39 is 11.6 Å². The first kappa shape index (κ1) is 22.7. The zero-order chi connectivity index (χ0) is 23.4. The van der Waals surface area contributed by atoms with Crippen LogP contribution in [0.25, 0.3) is 0 Å². The molecule has 176 valence electrons. The van der Waals surface area contributed by atoms with Gasteiger partial charge in [-0.15, -0.1) is 0 Å². The van der Waals surface area contributed by atoms with E-state index in [1.807, 2.05) is 6.08 Å². The molecule has 2 fully saturated rings. The lowest BCUT2D eigenvalue weighted by molar-refractivity contribution is -0.128. The van der Waals surface area contributed by atoms with Crippen molar-refractivity contribution < 1.29 is 18.4 Å². The summed E-state index contributed by atoms with van der Waals surface area (Å²) in [6.07, 6.45) is 14.7. The lowest BCUT2D eigenvalue weighted by Gasteiger charge is -2.57. The van der Waals surface area contributed by atoms with Crippen LogP contribution in [0.5, 0.6) is 0 Å². The quantitative estimate of drug-likeness (QED) is 0.493. The number of carbonyl (C=O) groups excluding carboxylic acids is 2. The number of hydrogen-bond acceptors (Lipinski definition) is 2. The number of hydrogen-bond donors (Lipinski definition) is 0. The average Bonchev–Trinajstić information content (AvgIpc) is 3.16. The van der Waals surface area contributed by atoms with E-state index in [4.69, 9.17) is 0 Å². The van der Waals surface area contributed by atoms with E-state index in [-0.39, 0.29) is 22.5 Å². The monoisotopic (exact) mass is 452 g/mol. The van der Waals surface area contributed by atoms with Crippen LogP contribution in [0.3, 0.4) is 0 Å². The zero-order valence-electron chi connectivity index (χ0n) is 19.7. The van der Waals surface area contributed by atoms with Gasteiger partial charge in [-0.05, 0) is 116 Å². The van der Waals surface area contributed by atoms with Gasteiger partial charge in [-0.3, -0.25) is 9.59 Å². The molecule has 0 saturated heterocycles. The molecule has 0 unspecified atom stereocenters. The minimum absolute atomic E-state index is 0.00201. The summed E-state index contributed by atoms with van der Waals surface area (Å²) in [6, 6.07) is 4.18. The zero-order valence-corrected chi connectivity index (χ0v) is 19.7. The van der Waals surface area contributed by atoms with Gasteiger partial charge in [0.2, 0.25) is 0 Å². The Kier molecular flexibility index (Phi) is 5.69. The van der Waals surface area contributed by atoms with E-state index in [9.17, 15) is 18.4 Å². The molecule has 5 rings (SSSR count).